The molecular formula is C23H16F4N2O4S. The molecule has 0 atom stereocenters. The third kappa shape index (κ3) is 4.60. The number of hydrogen-bond acceptors (Lipinski definition) is 4. The summed E-state index contributed by atoms with van der Waals surface area (Å²) in [6, 6.07) is 11.5. The number of anilines is 2. The number of methoxy groups -OCH3 is 1. The molecule has 4 rings (SSSR count). The number of ether oxygens (including phenoxy) is 1. The highest BCUT2D eigenvalue weighted by atomic mass is 32.2. The highest BCUT2D eigenvalue weighted by Gasteiger charge is 2.30. The molecule has 1 amide bonds. The van der Waals surface area contributed by atoms with Gasteiger partial charge in [-0.3, -0.25) is 9.52 Å². The van der Waals surface area contributed by atoms with Gasteiger partial charge in [0.15, 0.2) is 11.6 Å². The Kier molecular flexibility index (Phi) is 5.82. The molecule has 0 unspecified atom stereocenters. The molecule has 11 heteroatoms. The number of hydrogen-bond donors (Lipinski definition) is 2. The van der Waals surface area contributed by atoms with Gasteiger partial charge >= 0.3 is 6.18 Å². The lowest BCUT2D eigenvalue weighted by Crippen LogP contribution is -2.13. The molecule has 3 aromatic rings. The van der Waals surface area contributed by atoms with Gasteiger partial charge in [0.1, 0.15) is 0 Å². The predicted molar refractivity (Wildman–Crippen MR) is 118 cm³/mol. The molecule has 2 N–H and O–H groups in total. The van der Waals surface area contributed by atoms with Crippen LogP contribution in [0.15, 0.2) is 65.6 Å². The molecule has 6 nitrogen and oxygen atoms in total. The third-order valence-corrected chi connectivity index (χ3v) is 6.41. The molecule has 0 aliphatic carbocycles. The quantitative estimate of drug-likeness (QED) is 0.381. The summed E-state index contributed by atoms with van der Waals surface area (Å²) >= 11 is 0. The lowest BCUT2D eigenvalue weighted by Gasteiger charge is -2.11. The Bertz CT molecular complexity index is 1420. The fourth-order valence-corrected chi connectivity index (χ4v) is 4.44. The van der Waals surface area contributed by atoms with Crippen LogP contribution < -0.4 is 14.8 Å². The van der Waals surface area contributed by atoms with Crippen molar-refractivity contribution in [3.63, 3.8) is 0 Å². The second-order valence-electron chi connectivity index (χ2n) is 7.29. The van der Waals surface area contributed by atoms with Gasteiger partial charge < -0.3 is 10.1 Å². The van der Waals surface area contributed by atoms with E-state index in [-0.39, 0.29) is 27.5 Å². The first-order chi connectivity index (χ1) is 16.0. The van der Waals surface area contributed by atoms with E-state index in [4.69, 9.17) is 4.74 Å². The zero-order valence-corrected chi connectivity index (χ0v) is 18.2. The summed E-state index contributed by atoms with van der Waals surface area (Å²) in [5.74, 6) is -1.11. The standard InChI is InChI=1S/C23H16F4N2O4S/c1-33-21-9-2-13(11-19(21)24)10-18-17-12-16(7-8-20(17)28-22(18)30)34(31,32)29-15-5-3-14(4-6-15)23(25,26)27/h2-12,29H,1H3,(H,28,30). The first-order valence-corrected chi connectivity index (χ1v) is 11.2. The average molecular weight is 492 g/mol. The summed E-state index contributed by atoms with van der Waals surface area (Å²) in [7, 11) is -2.87. The van der Waals surface area contributed by atoms with Crippen LogP contribution in [0.4, 0.5) is 28.9 Å². The van der Waals surface area contributed by atoms with Crippen LogP contribution in [0.2, 0.25) is 0 Å². The largest absolute Gasteiger partial charge is 0.494 e. The van der Waals surface area contributed by atoms with E-state index in [2.05, 4.69) is 10.0 Å². The fourth-order valence-electron chi connectivity index (χ4n) is 3.36. The fraction of sp³-hybridized carbons (Fsp3) is 0.0870. The molecule has 1 heterocycles. The lowest BCUT2D eigenvalue weighted by molar-refractivity contribution is -0.137. The van der Waals surface area contributed by atoms with Crippen LogP contribution in [0.5, 0.6) is 5.75 Å². The molecule has 0 saturated carbocycles. The van der Waals surface area contributed by atoms with Crippen molar-refractivity contribution >= 4 is 39.0 Å². The Morgan fingerprint density at radius 1 is 1.00 bits per heavy atom. The Morgan fingerprint density at radius 2 is 1.71 bits per heavy atom. The molecule has 0 radical (unpaired) electrons. The van der Waals surface area contributed by atoms with E-state index in [0.29, 0.717) is 11.3 Å². The van der Waals surface area contributed by atoms with Crippen LogP contribution >= 0.6 is 0 Å². The molecule has 34 heavy (non-hydrogen) atoms. The van der Waals surface area contributed by atoms with Crippen LogP contribution in [-0.2, 0) is 21.0 Å². The van der Waals surface area contributed by atoms with Crippen molar-refractivity contribution in [3.05, 3.63) is 83.2 Å². The van der Waals surface area contributed by atoms with E-state index >= 15 is 0 Å². The smallest absolute Gasteiger partial charge is 0.416 e. The van der Waals surface area contributed by atoms with E-state index < -0.39 is 33.5 Å². The van der Waals surface area contributed by atoms with E-state index in [9.17, 15) is 30.8 Å². The van der Waals surface area contributed by atoms with Crippen LogP contribution in [-0.4, -0.2) is 21.4 Å². The minimum atomic E-state index is -4.55. The SMILES string of the molecule is COc1ccc(C=C2C(=O)Nc3ccc(S(=O)(=O)Nc4ccc(C(F)(F)F)cc4)cc32)cc1F. The summed E-state index contributed by atoms with van der Waals surface area (Å²) in [6.07, 6.45) is -3.14. The Morgan fingerprint density at radius 3 is 2.32 bits per heavy atom. The number of nitrogens with one attached hydrogen (secondary N) is 2. The van der Waals surface area contributed by atoms with Crippen molar-refractivity contribution in [3.8, 4) is 5.75 Å². The highest BCUT2D eigenvalue weighted by molar-refractivity contribution is 7.92. The normalized spacial score (nSPS) is 14.6. The van der Waals surface area contributed by atoms with Gasteiger partial charge in [0.05, 0.1) is 17.6 Å². The molecular weight excluding hydrogens is 476 g/mol. The maximum Gasteiger partial charge on any atom is 0.416 e. The average Bonchev–Trinajstić information content (AvgIpc) is 3.08. The number of carbonyl (C=O) groups is 1. The molecule has 0 saturated heterocycles. The summed E-state index contributed by atoms with van der Waals surface area (Å²) in [5, 5.41) is 2.61. The van der Waals surface area contributed by atoms with E-state index in [1.54, 1.807) is 0 Å². The van der Waals surface area contributed by atoms with E-state index in [0.717, 1.165) is 24.3 Å². The van der Waals surface area contributed by atoms with Gasteiger partial charge in [-0.2, -0.15) is 13.2 Å². The van der Waals surface area contributed by atoms with Crippen molar-refractivity contribution in [2.24, 2.45) is 0 Å². The topological polar surface area (TPSA) is 84.5 Å². The van der Waals surface area contributed by atoms with Crippen LogP contribution in [0, 0.1) is 5.82 Å². The Hall–Kier alpha value is -3.86. The van der Waals surface area contributed by atoms with Crippen molar-refractivity contribution in [1.29, 1.82) is 0 Å². The first kappa shape index (κ1) is 23.3. The van der Waals surface area contributed by atoms with Gasteiger partial charge in [0, 0.05) is 22.5 Å². The summed E-state index contributed by atoms with van der Waals surface area (Å²) < 4.78 is 85.0. The number of carbonyl (C=O) groups excluding carboxylic acids is 1. The van der Waals surface area contributed by atoms with Crippen LogP contribution in [0.1, 0.15) is 16.7 Å². The summed E-state index contributed by atoms with van der Waals surface area (Å²) in [6.45, 7) is 0. The van der Waals surface area contributed by atoms with Gasteiger partial charge in [0.25, 0.3) is 15.9 Å². The third-order valence-electron chi connectivity index (χ3n) is 5.04. The van der Waals surface area contributed by atoms with E-state index in [1.807, 2.05) is 0 Å². The number of rotatable bonds is 5. The van der Waals surface area contributed by atoms with Crippen molar-refractivity contribution in [2.75, 3.05) is 17.1 Å². The summed E-state index contributed by atoms with van der Waals surface area (Å²) in [5.41, 5.74) is 0.128. The maximum atomic E-state index is 14.0. The molecule has 1 aliphatic heterocycles. The van der Waals surface area contributed by atoms with Gasteiger partial charge in [-0.1, -0.05) is 6.07 Å². The van der Waals surface area contributed by atoms with Crippen LogP contribution in [0.3, 0.4) is 0 Å². The van der Waals surface area contributed by atoms with Crippen LogP contribution in [0.25, 0.3) is 11.6 Å². The number of amides is 1. The number of sulfonamides is 1. The van der Waals surface area contributed by atoms with Crippen molar-refractivity contribution < 1.29 is 35.5 Å². The second kappa shape index (κ2) is 8.49. The monoisotopic (exact) mass is 492 g/mol. The van der Waals surface area contributed by atoms with Crippen molar-refractivity contribution in [2.45, 2.75) is 11.1 Å². The Balaban J connectivity index is 1.66. The second-order valence-corrected chi connectivity index (χ2v) is 8.98. The molecule has 176 valence electrons. The van der Waals surface area contributed by atoms with Gasteiger partial charge in [-0.05, 0) is 66.2 Å². The maximum absolute atomic E-state index is 14.0. The molecule has 0 bridgehead atoms. The van der Waals surface area contributed by atoms with Gasteiger partial charge in [-0.15, -0.1) is 0 Å². The zero-order valence-electron chi connectivity index (χ0n) is 17.4. The number of halogens is 4. The minimum absolute atomic E-state index is 0.0288. The van der Waals surface area contributed by atoms with Gasteiger partial charge in [0.2, 0.25) is 0 Å². The highest BCUT2D eigenvalue weighted by Crippen LogP contribution is 2.36. The number of fused-ring (bicyclic) bond motifs is 1. The Labute approximate surface area is 191 Å². The van der Waals surface area contributed by atoms with Crippen molar-refractivity contribution in [1.82, 2.24) is 0 Å². The lowest BCUT2D eigenvalue weighted by atomic mass is 10.0. The summed E-state index contributed by atoms with van der Waals surface area (Å²) in [4.78, 5) is 12.2. The van der Waals surface area contributed by atoms with E-state index in [1.165, 1.54) is 49.6 Å². The number of benzene rings is 3. The first-order valence-electron chi connectivity index (χ1n) is 9.69. The molecule has 0 aromatic heterocycles. The molecule has 1 aliphatic rings. The molecule has 3 aromatic carbocycles. The number of alkyl halides is 3. The predicted octanol–water partition coefficient (Wildman–Crippen LogP) is 5.15. The molecule has 0 spiro atoms. The molecule has 0 fully saturated rings. The zero-order chi connectivity index (χ0) is 24.7. The minimum Gasteiger partial charge on any atom is -0.494 e. The van der Waals surface area contributed by atoms with Gasteiger partial charge in [-0.25, -0.2) is 12.8 Å².